The Labute approximate surface area is 303 Å². The zero-order chi connectivity index (χ0) is 37.9. The van der Waals surface area contributed by atoms with E-state index in [1.54, 1.807) is 26.0 Å². The van der Waals surface area contributed by atoms with Crippen LogP contribution in [-0.2, 0) is 35.0 Å². The van der Waals surface area contributed by atoms with Gasteiger partial charge in [0.25, 0.3) is 0 Å². The maximum absolute atomic E-state index is 14.1. The van der Waals surface area contributed by atoms with Gasteiger partial charge in [0.1, 0.15) is 31.6 Å². The van der Waals surface area contributed by atoms with Gasteiger partial charge in [-0.3, -0.25) is 15.0 Å². The quantitative estimate of drug-likeness (QED) is 0.0978. The Kier molecular flexibility index (Phi) is 14.1. The van der Waals surface area contributed by atoms with E-state index in [4.69, 9.17) is 42.6 Å². The number of carbonyl (C=O) groups excluding carboxylic acids is 3. The van der Waals surface area contributed by atoms with Crippen LogP contribution >= 0.6 is 0 Å². The smallest absolute Gasteiger partial charge is 0.411 e. The third-order valence-electron chi connectivity index (χ3n) is 8.55. The lowest BCUT2D eigenvalue weighted by Gasteiger charge is -2.46. The van der Waals surface area contributed by atoms with Crippen LogP contribution in [0.25, 0.3) is 0 Å². The number of nitrogens with zero attached hydrogens (tertiary/aromatic N) is 1. The van der Waals surface area contributed by atoms with Crippen LogP contribution in [0.3, 0.4) is 0 Å². The Balaban J connectivity index is 1.99. The van der Waals surface area contributed by atoms with E-state index in [-0.39, 0.29) is 52.2 Å². The number of fused-ring (bicyclic) bond motifs is 2. The van der Waals surface area contributed by atoms with Gasteiger partial charge in [0.15, 0.2) is 29.8 Å². The fourth-order valence-corrected chi connectivity index (χ4v) is 6.47. The predicted molar refractivity (Wildman–Crippen MR) is 187 cm³/mol. The summed E-state index contributed by atoms with van der Waals surface area (Å²) in [5, 5.41) is 14.5. The van der Waals surface area contributed by atoms with Gasteiger partial charge in [-0.1, -0.05) is 31.4 Å². The summed E-state index contributed by atoms with van der Waals surface area (Å²) in [5.74, 6) is 0.421. The number of amides is 1. The van der Waals surface area contributed by atoms with E-state index in [2.05, 4.69) is 18.5 Å². The van der Waals surface area contributed by atoms with Gasteiger partial charge < -0.3 is 47.7 Å². The van der Waals surface area contributed by atoms with Crippen molar-refractivity contribution in [3.8, 4) is 28.7 Å². The van der Waals surface area contributed by atoms with Crippen LogP contribution in [0, 0.1) is 13.8 Å². The molecule has 2 N–H and O–H groups in total. The van der Waals surface area contributed by atoms with Gasteiger partial charge >= 0.3 is 18.0 Å². The third kappa shape index (κ3) is 8.54. The fourth-order valence-electron chi connectivity index (χ4n) is 6.47. The number of aliphatic hydroxyl groups is 1. The van der Waals surface area contributed by atoms with Crippen molar-refractivity contribution < 1.29 is 62.1 Å². The summed E-state index contributed by atoms with van der Waals surface area (Å²) in [6.07, 6.45) is 2.40. The van der Waals surface area contributed by atoms with Crippen molar-refractivity contribution in [1.82, 2.24) is 10.2 Å². The summed E-state index contributed by atoms with van der Waals surface area (Å²) >= 11 is 0. The van der Waals surface area contributed by atoms with Crippen LogP contribution in [-0.4, -0.2) is 101 Å². The van der Waals surface area contributed by atoms with Crippen molar-refractivity contribution >= 4 is 18.0 Å². The summed E-state index contributed by atoms with van der Waals surface area (Å²) in [4.78, 5) is 41.4. The standard InChI is InChI=1S/C37H48N2O13/c1-9-12-47-35-29-24(14-21(4)32(35)45-8)15-25(18-49-23(6)41)39(37(43)48-13-10-2)31(29)27(17-40)38-30(36(42)46-11-3)26-16-28(50-19-44-7)22(5)33-34(26)52-20-51-33/h9-10,14,16,25,27,30-31,38,40H,1-2,11-13,15,17-20H2,3-8H3/t25-,27+,30-,31+/m1/s1. The minimum Gasteiger partial charge on any atom is -0.493 e. The molecule has 0 bridgehead atoms. The molecule has 15 heteroatoms. The highest BCUT2D eigenvalue weighted by atomic mass is 16.7. The average Bonchev–Trinajstić information content (AvgIpc) is 3.63. The first-order valence-electron chi connectivity index (χ1n) is 16.8. The van der Waals surface area contributed by atoms with E-state index in [0.29, 0.717) is 39.7 Å². The van der Waals surface area contributed by atoms with Gasteiger partial charge in [-0.25, -0.2) is 9.59 Å². The van der Waals surface area contributed by atoms with Gasteiger partial charge in [0.05, 0.1) is 38.4 Å². The van der Waals surface area contributed by atoms with Crippen LogP contribution in [0.5, 0.6) is 28.7 Å². The van der Waals surface area contributed by atoms with Gasteiger partial charge in [-0.05, 0) is 44.4 Å². The number of hydrogen-bond acceptors (Lipinski definition) is 14. The summed E-state index contributed by atoms with van der Waals surface area (Å²) in [7, 11) is 2.97. The summed E-state index contributed by atoms with van der Waals surface area (Å²) in [5.41, 5.74) is 2.85. The molecule has 0 spiro atoms. The molecule has 0 unspecified atom stereocenters. The molecule has 0 saturated heterocycles. The van der Waals surface area contributed by atoms with Crippen molar-refractivity contribution in [3.63, 3.8) is 0 Å². The van der Waals surface area contributed by atoms with Crippen molar-refractivity contribution in [3.05, 3.63) is 65.3 Å². The molecule has 284 valence electrons. The first-order chi connectivity index (χ1) is 25.1. The average molecular weight is 729 g/mol. The number of rotatable bonds is 18. The number of ether oxygens (including phenoxy) is 9. The molecule has 0 aromatic heterocycles. The molecule has 0 fully saturated rings. The van der Waals surface area contributed by atoms with E-state index < -0.39 is 48.8 Å². The first-order valence-corrected chi connectivity index (χ1v) is 16.8. The van der Waals surface area contributed by atoms with Crippen molar-refractivity contribution in [2.45, 2.75) is 58.3 Å². The molecule has 4 atom stereocenters. The second-order valence-corrected chi connectivity index (χ2v) is 12.0. The molecule has 15 nitrogen and oxygen atoms in total. The molecular weight excluding hydrogens is 680 g/mol. The summed E-state index contributed by atoms with van der Waals surface area (Å²) in [6, 6.07) is -0.812. The lowest BCUT2D eigenvalue weighted by atomic mass is 9.82. The summed E-state index contributed by atoms with van der Waals surface area (Å²) in [6.45, 7) is 13.0. The Morgan fingerprint density at radius 3 is 2.40 bits per heavy atom. The van der Waals surface area contributed by atoms with Crippen molar-refractivity contribution in [2.24, 2.45) is 0 Å². The molecule has 2 aliphatic heterocycles. The number of methoxy groups -OCH3 is 2. The molecule has 0 radical (unpaired) electrons. The van der Waals surface area contributed by atoms with Crippen molar-refractivity contribution in [1.29, 1.82) is 0 Å². The first kappa shape index (κ1) is 39.8. The SMILES string of the molecule is C=CCOC(=O)N1[C@@H](COC(C)=O)Cc2cc(C)c(OC)c(OCC=C)c2[C@@H]1[C@H](CO)N[C@@H](C(=O)OCC)c1cc(OCOC)c(C)c2c1OCO2. The lowest BCUT2D eigenvalue weighted by Crippen LogP contribution is -2.57. The topological polar surface area (TPSA) is 170 Å². The largest absolute Gasteiger partial charge is 0.493 e. The Morgan fingerprint density at radius 2 is 1.77 bits per heavy atom. The predicted octanol–water partition coefficient (Wildman–Crippen LogP) is 4.00. The number of benzene rings is 2. The van der Waals surface area contributed by atoms with E-state index in [1.165, 1.54) is 32.1 Å². The van der Waals surface area contributed by atoms with Crippen molar-refractivity contribution in [2.75, 3.05) is 60.8 Å². The van der Waals surface area contributed by atoms with E-state index in [0.717, 1.165) is 11.1 Å². The number of esters is 2. The van der Waals surface area contributed by atoms with Crippen LogP contribution < -0.4 is 29.0 Å². The minimum absolute atomic E-state index is 0.0337. The molecule has 0 saturated carbocycles. The second kappa shape index (κ2) is 18.5. The Hall–Kier alpha value is -4.99. The van der Waals surface area contributed by atoms with Gasteiger partial charge in [-0.2, -0.15) is 0 Å². The molecular formula is C37H48N2O13. The van der Waals surface area contributed by atoms with E-state index in [9.17, 15) is 19.5 Å². The van der Waals surface area contributed by atoms with Crippen LogP contribution in [0.2, 0.25) is 0 Å². The molecule has 2 aliphatic rings. The van der Waals surface area contributed by atoms with Gasteiger partial charge in [0.2, 0.25) is 6.79 Å². The maximum Gasteiger partial charge on any atom is 0.411 e. The van der Waals surface area contributed by atoms with Gasteiger partial charge in [-0.15, -0.1) is 0 Å². The van der Waals surface area contributed by atoms with E-state index in [1.807, 2.05) is 13.0 Å². The number of aryl methyl sites for hydroxylation is 1. The van der Waals surface area contributed by atoms with Crippen LogP contribution in [0.4, 0.5) is 4.79 Å². The molecule has 0 aliphatic carbocycles. The zero-order valence-electron chi connectivity index (χ0n) is 30.5. The Morgan fingerprint density at radius 1 is 1.04 bits per heavy atom. The number of nitrogens with one attached hydrogen (secondary N) is 1. The number of hydrogen-bond donors (Lipinski definition) is 2. The Bertz CT molecular complexity index is 1630. The monoisotopic (exact) mass is 728 g/mol. The zero-order valence-corrected chi connectivity index (χ0v) is 30.5. The molecule has 2 heterocycles. The minimum atomic E-state index is -1.30. The fraction of sp³-hybridized carbons (Fsp3) is 0.486. The molecule has 52 heavy (non-hydrogen) atoms. The van der Waals surface area contributed by atoms with Crippen LogP contribution in [0.15, 0.2) is 37.4 Å². The normalized spacial score (nSPS) is 16.9. The molecule has 2 aromatic carbocycles. The number of carbonyl (C=O) groups is 3. The van der Waals surface area contributed by atoms with E-state index >= 15 is 0 Å². The molecule has 4 rings (SSSR count). The highest BCUT2D eigenvalue weighted by Gasteiger charge is 2.47. The second-order valence-electron chi connectivity index (χ2n) is 12.0. The maximum atomic E-state index is 14.1. The summed E-state index contributed by atoms with van der Waals surface area (Å²) < 4.78 is 51.2. The number of aliphatic hydroxyl groups excluding tert-OH is 1. The highest BCUT2D eigenvalue weighted by molar-refractivity contribution is 5.80. The van der Waals surface area contributed by atoms with Crippen LogP contribution in [0.1, 0.15) is 53.7 Å². The molecule has 2 aromatic rings. The third-order valence-corrected chi connectivity index (χ3v) is 8.55. The highest BCUT2D eigenvalue weighted by Crippen LogP contribution is 2.49. The molecule has 1 amide bonds. The van der Waals surface area contributed by atoms with Gasteiger partial charge in [0, 0.05) is 30.7 Å². The lowest BCUT2D eigenvalue weighted by molar-refractivity contribution is -0.147.